The zero-order valence-corrected chi connectivity index (χ0v) is 11.2. The van der Waals surface area contributed by atoms with Gasteiger partial charge in [0.2, 0.25) is 0 Å². The summed E-state index contributed by atoms with van der Waals surface area (Å²) in [6.07, 6.45) is -5.31. The van der Waals surface area contributed by atoms with E-state index in [1.54, 1.807) is 12.1 Å². The first kappa shape index (κ1) is 15.7. The third-order valence-corrected chi connectivity index (χ3v) is 3.12. The normalized spacial score (nSPS) is 19.3. The van der Waals surface area contributed by atoms with Crippen molar-refractivity contribution in [3.63, 3.8) is 0 Å². The molecule has 0 radical (unpaired) electrons. The Labute approximate surface area is 119 Å². The van der Waals surface area contributed by atoms with Gasteiger partial charge in [-0.1, -0.05) is 12.1 Å². The third kappa shape index (κ3) is 3.34. The molecule has 1 fully saturated rings. The molecule has 1 aromatic rings. The van der Waals surface area contributed by atoms with E-state index in [9.17, 15) is 18.0 Å². The highest BCUT2D eigenvalue weighted by Gasteiger charge is 2.53. The second-order valence-corrected chi connectivity index (χ2v) is 4.85. The van der Waals surface area contributed by atoms with E-state index in [1.165, 1.54) is 12.1 Å². The molecule has 1 aromatic carbocycles. The molecule has 0 aliphatic carbocycles. The van der Waals surface area contributed by atoms with Crippen molar-refractivity contribution < 1.29 is 27.4 Å². The Balaban J connectivity index is 2.05. The lowest BCUT2D eigenvalue weighted by Gasteiger charge is -2.26. The largest absolute Gasteiger partial charge is 0.415 e. The number of hydrogen-bond donors (Lipinski definition) is 2. The van der Waals surface area contributed by atoms with Gasteiger partial charge in [0.15, 0.2) is 11.8 Å². The van der Waals surface area contributed by atoms with Crippen LogP contribution in [0.5, 0.6) is 0 Å². The zero-order valence-electron chi connectivity index (χ0n) is 11.2. The van der Waals surface area contributed by atoms with Crippen LogP contribution in [0, 0.1) is 0 Å². The summed E-state index contributed by atoms with van der Waals surface area (Å²) in [7, 11) is 0. The summed E-state index contributed by atoms with van der Waals surface area (Å²) in [6.45, 7) is 1.59. The number of nitrogens with one attached hydrogen (secondary N) is 1. The van der Waals surface area contributed by atoms with Gasteiger partial charge in [0.25, 0.3) is 5.91 Å². The van der Waals surface area contributed by atoms with Gasteiger partial charge in [-0.2, -0.15) is 13.2 Å². The van der Waals surface area contributed by atoms with Crippen molar-refractivity contribution in [1.29, 1.82) is 0 Å². The molecule has 1 atom stereocenters. The van der Waals surface area contributed by atoms with Gasteiger partial charge in [-0.3, -0.25) is 4.79 Å². The quantitative estimate of drug-likeness (QED) is 0.895. The monoisotopic (exact) mass is 304 g/mol. The summed E-state index contributed by atoms with van der Waals surface area (Å²) in [6, 6.07) is 6.13. The molecule has 21 heavy (non-hydrogen) atoms. The minimum atomic E-state index is -4.83. The van der Waals surface area contributed by atoms with Gasteiger partial charge >= 0.3 is 6.18 Å². The first-order valence-corrected chi connectivity index (χ1v) is 6.22. The minimum Gasteiger partial charge on any atom is -0.346 e. The van der Waals surface area contributed by atoms with Crippen LogP contribution in [-0.4, -0.2) is 30.8 Å². The summed E-state index contributed by atoms with van der Waals surface area (Å²) in [5.74, 6) is -1.32. The second-order valence-electron chi connectivity index (χ2n) is 4.85. The van der Waals surface area contributed by atoms with E-state index in [0.717, 1.165) is 5.56 Å². The Hall–Kier alpha value is -1.64. The molecule has 1 amide bonds. The van der Waals surface area contributed by atoms with Gasteiger partial charge < -0.3 is 20.5 Å². The number of halogens is 3. The molecule has 3 N–H and O–H groups in total. The van der Waals surface area contributed by atoms with Gasteiger partial charge in [0, 0.05) is 11.3 Å². The highest BCUT2D eigenvalue weighted by atomic mass is 19.4. The number of benzene rings is 1. The Bertz CT molecular complexity index is 508. The highest BCUT2D eigenvalue weighted by Crippen LogP contribution is 2.29. The summed E-state index contributed by atoms with van der Waals surface area (Å²) >= 11 is 0. The maximum absolute atomic E-state index is 12.6. The van der Waals surface area contributed by atoms with E-state index >= 15 is 0 Å². The van der Waals surface area contributed by atoms with Crippen molar-refractivity contribution in [3.05, 3.63) is 29.8 Å². The Morgan fingerprint density at radius 2 is 1.76 bits per heavy atom. The van der Waals surface area contributed by atoms with Crippen LogP contribution in [0.3, 0.4) is 0 Å². The van der Waals surface area contributed by atoms with Gasteiger partial charge in [0.1, 0.15) is 0 Å². The minimum absolute atomic E-state index is 0.211. The summed E-state index contributed by atoms with van der Waals surface area (Å²) in [5.41, 5.74) is 3.01. The standard InChI is InChI=1S/C13H15F3N2O3/c1-12(17,13(14,15)16)11(19)18-9-4-2-8(3-5-9)10-20-6-7-21-10/h2-5,10H,6-7,17H2,1H3,(H,18,19). The number of amides is 1. The fourth-order valence-electron chi connectivity index (χ4n) is 1.66. The van der Waals surface area contributed by atoms with Crippen LogP contribution in [0.2, 0.25) is 0 Å². The van der Waals surface area contributed by atoms with Crippen LogP contribution in [0.1, 0.15) is 18.8 Å². The molecule has 116 valence electrons. The van der Waals surface area contributed by atoms with E-state index in [1.807, 2.05) is 0 Å². The number of carbonyl (C=O) groups excluding carboxylic acids is 1. The summed E-state index contributed by atoms with van der Waals surface area (Å²) in [5, 5.41) is 2.14. The van der Waals surface area contributed by atoms with Crippen molar-refractivity contribution in [3.8, 4) is 0 Å². The molecular formula is C13H15F3N2O3. The second kappa shape index (κ2) is 5.63. The molecule has 0 spiro atoms. The van der Waals surface area contributed by atoms with Crippen molar-refractivity contribution in [2.45, 2.75) is 24.9 Å². The molecule has 1 aliphatic rings. The fourth-order valence-corrected chi connectivity index (χ4v) is 1.66. The summed E-state index contributed by atoms with van der Waals surface area (Å²) in [4.78, 5) is 11.6. The maximum atomic E-state index is 12.6. The van der Waals surface area contributed by atoms with Crippen LogP contribution in [-0.2, 0) is 14.3 Å². The van der Waals surface area contributed by atoms with Gasteiger partial charge in [-0.05, 0) is 19.1 Å². The number of carbonyl (C=O) groups is 1. The Kier molecular flexibility index (Phi) is 4.22. The maximum Gasteiger partial charge on any atom is 0.415 e. The van der Waals surface area contributed by atoms with Crippen molar-refractivity contribution in [2.24, 2.45) is 5.73 Å². The lowest BCUT2D eigenvalue weighted by atomic mass is 10.0. The topological polar surface area (TPSA) is 73.6 Å². The average molecular weight is 304 g/mol. The molecule has 0 aromatic heterocycles. The molecule has 5 nitrogen and oxygen atoms in total. The van der Waals surface area contributed by atoms with Crippen molar-refractivity contribution >= 4 is 11.6 Å². The predicted octanol–water partition coefficient (Wildman–Crippen LogP) is 1.95. The van der Waals surface area contributed by atoms with Crippen LogP contribution in [0.4, 0.5) is 18.9 Å². The van der Waals surface area contributed by atoms with Crippen LogP contribution < -0.4 is 11.1 Å². The first-order chi connectivity index (χ1) is 9.72. The van der Waals surface area contributed by atoms with Crippen LogP contribution in [0.15, 0.2) is 24.3 Å². The summed E-state index contributed by atoms with van der Waals surface area (Å²) < 4.78 is 48.5. The van der Waals surface area contributed by atoms with Crippen molar-refractivity contribution in [1.82, 2.24) is 0 Å². The Morgan fingerprint density at radius 1 is 1.24 bits per heavy atom. The molecule has 0 bridgehead atoms. The van der Waals surface area contributed by atoms with Crippen molar-refractivity contribution in [2.75, 3.05) is 18.5 Å². The van der Waals surface area contributed by atoms with Gasteiger partial charge in [0.05, 0.1) is 13.2 Å². The van der Waals surface area contributed by atoms with Gasteiger partial charge in [-0.25, -0.2) is 0 Å². The molecule has 1 unspecified atom stereocenters. The average Bonchev–Trinajstić information content (AvgIpc) is 2.92. The number of hydrogen-bond acceptors (Lipinski definition) is 4. The molecule has 1 saturated heterocycles. The predicted molar refractivity (Wildman–Crippen MR) is 68.4 cm³/mol. The Morgan fingerprint density at radius 3 is 2.24 bits per heavy atom. The number of rotatable bonds is 3. The van der Waals surface area contributed by atoms with E-state index in [2.05, 4.69) is 5.32 Å². The van der Waals surface area contributed by atoms with Gasteiger partial charge in [-0.15, -0.1) is 0 Å². The molecule has 1 aliphatic heterocycles. The van der Waals surface area contributed by atoms with Crippen LogP contribution in [0.25, 0.3) is 0 Å². The van der Waals surface area contributed by atoms with E-state index in [0.29, 0.717) is 20.1 Å². The van der Waals surface area contributed by atoms with E-state index in [4.69, 9.17) is 15.2 Å². The molecule has 1 heterocycles. The molecular weight excluding hydrogens is 289 g/mol. The lowest BCUT2D eigenvalue weighted by molar-refractivity contribution is -0.184. The fraction of sp³-hybridized carbons (Fsp3) is 0.462. The van der Waals surface area contributed by atoms with E-state index in [-0.39, 0.29) is 5.69 Å². The lowest BCUT2D eigenvalue weighted by Crippen LogP contribution is -2.59. The smallest absolute Gasteiger partial charge is 0.346 e. The third-order valence-electron chi connectivity index (χ3n) is 3.12. The number of alkyl halides is 3. The van der Waals surface area contributed by atoms with Crippen LogP contribution >= 0.6 is 0 Å². The zero-order chi connectivity index (χ0) is 15.7. The highest BCUT2D eigenvalue weighted by molar-refractivity contribution is 5.98. The van der Waals surface area contributed by atoms with E-state index < -0.39 is 23.9 Å². The molecule has 8 heteroatoms. The SMILES string of the molecule is CC(N)(C(=O)Nc1ccc(C2OCCO2)cc1)C(F)(F)F. The number of nitrogens with two attached hydrogens (primary N) is 1. The number of anilines is 1. The molecule has 0 saturated carbocycles. The molecule has 2 rings (SSSR count). The number of ether oxygens (including phenoxy) is 2. The first-order valence-electron chi connectivity index (χ1n) is 6.22.